The van der Waals surface area contributed by atoms with Gasteiger partial charge in [-0.25, -0.2) is 4.79 Å². The van der Waals surface area contributed by atoms with Crippen molar-refractivity contribution in [2.24, 2.45) is 0 Å². The lowest BCUT2D eigenvalue weighted by Gasteiger charge is -2.32. The zero-order valence-electron chi connectivity index (χ0n) is 13.5. The molecule has 0 aromatic rings. The summed E-state index contributed by atoms with van der Waals surface area (Å²) in [5, 5.41) is 0. The first kappa shape index (κ1) is 15.3. The summed E-state index contributed by atoms with van der Waals surface area (Å²) < 4.78 is 5.26. The highest BCUT2D eigenvalue weighted by molar-refractivity contribution is 6.05. The van der Waals surface area contributed by atoms with Crippen LogP contribution in [-0.4, -0.2) is 76.5 Å². The topological polar surface area (TPSA) is 70.2 Å². The number of ether oxygens (including phenoxy) is 1. The lowest BCUT2D eigenvalue weighted by molar-refractivity contribution is -0.131. The summed E-state index contributed by atoms with van der Waals surface area (Å²) in [7, 11) is 1.59. The first-order chi connectivity index (χ1) is 10.2. The largest absolute Gasteiger partial charge is 0.380 e. The Morgan fingerprint density at radius 1 is 1.14 bits per heavy atom. The molecular formula is C15H23N3O4. The number of imide groups is 1. The first-order valence-electron chi connectivity index (χ1n) is 7.71. The summed E-state index contributed by atoms with van der Waals surface area (Å²) in [6, 6.07) is -1.04. The van der Waals surface area contributed by atoms with E-state index in [1.54, 1.807) is 16.9 Å². The van der Waals surface area contributed by atoms with Crippen LogP contribution in [0.1, 0.15) is 33.6 Å². The van der Waals surface area contributed by atoms with Gasteiger partial charge < -0.3 is 14.5 Å². The van der Waals surface area contributed by atoms with Crippen molar-refractivity contribution < 1.29 is 19.1 Å². The Balaban J connectivity index is 1.76. The standard InChI is InChI=1S/C15H23N3O4/c1-15(2,3)17-7-9(5-12(17)19)18-13(20)11-6-10(22-4)8-16(11)14(18)21/h9-11H,5-8H2,1-4H3. The van der Waals surface area contributed by atoms with E-state index in [1.165, 1.54) is 4.90 Å². The molecule has 0 aromatic heterocycles. The van der Waals surface area contributed by atoms with Gasteiger partial charge >= 0.3 is 6.03 Å². The molecule has 3 atom stereocenters. The quantitative estimate of drug-likeness (QED) is 0.694. The molecule has 0 N–H and O–H groups in total. The molecule has 0 aromatic carbocycles. The third-order valence-electron chi connectivity index (χ3n) is 4.85. The Labute approximate surface area is 130 Å². The fourth-order valence-electron chi connectivity index (χ4n) is 3.65. The van der Waals surface area contributed by atoms with Crippen molar-refractivity contribution in [2.75, 3.05) is 20.2 Å². The highest BCUT2D eigenvalue weighted by atomic mass is 16.5. The minimum atomic E-state index is -0.420. The molecule has 3 saturated heterocycles. The molecule has 7 heteroatoms. The molecule has 3 heterocycles. The molecule has 0 aliphatic carbocycles. The molecule has 0 saturated carbocycles. The number of nitrogens with zero attached hydrogens (tertiary/aromatic N) is 3. The van der Waals surface area contributed by atoms with Gasteiger partial charge in [0, 0.05) is 38.6 Å². The van der Waals surface area contributed by atoms with Crippen molar-refractivity contribution in [3.63, 3.8) is 0 Å². The van der Waals surface area contributed by atoms with Crippen molar-refractivity contribution in [1.82, 2.24) is 14.7 Å². The number of rotatable bonds is 2. The average molecular weight is 309 g/mol. The van der Waals surface area contributed by atoms with E-state index < -0.39 is 6.04 Å². The number of urea groups is 1. The van der Waals surface area contributed by atoms with E-state index in [0.717, 1.165) is 0 Å². The smallest absolute Gasteiger partial charge is 0.327 e. The maximum absolute atomic E-state index is 12.6. The molecule has 3 rings (SSSR count). The van der Waals surface area contributed by atoms with E-state index in [0.29, 0.717) is 19.5 Å². The Bertz CT molecular complexity index is 503. The highest BCUT2D eigenvalue weighted by Gasteiger charge is 2.54. The van der Waals surface area contributed by atoms with Gasteiger partial charge in [0.2, 0.25) is 5.91 Å². The van der Waals surface area contributed by atoms with Crippen LogP contribution in [0.4, 0.5) is 4.79 Å². The molecule has 0 spiro atoms. The predicted molar refractivity (Wildman–Crippen MR) is 78.0 cm³/mol. The number of carbonyl (C=O) groups excluding carboxylic acids is 3. The number of hydrogen-bond acceptors (Lipinski definition) is 4. The second-order valence-corrected chi connectivity index (χ2v) is 7.29. The fraction of sp³-hybridized carbons (Fsp3) is 0.800. The summed E-state index contributed by atoms with van der Waals surface area (Å²) in [6.45, 7) is 6.76. The summed E-state index contributed by atoms with van der Waals surface area (Å²) in [5.41, 5.74) is -0.297. The van der Waals surface area contributed by atoms with Crippen LogP contribution in [0.5, 0.6) is 0 Å². The SMILES string of the molecule is COC1CC2C(=O)N(C3CC(=O)N(C(C)(C)C)C3)C(=O)N2C1. The molecule has 22 heavy (non-hydrogen) atoms. The second-order valence-electron chi connectivity index (χ2n) is 7.29. The van der Waals surface area contributed by atoms with Gasteiger partial charge in [-0.2, -0.15) is 0 Å². The highest BCUT2D eigenvalue weighted by Crippen LogP contribution is 2.33. The van der Waals surface area contributed by atoms with E-state index in [-0.39, 0.29) is 42.0 Å². The molecule has 0 radical (unpaired) electrons. The van der Waals surface area contributed by atoms with E-state index in [9.17, 15) is 14.4 Å². The van der Waals surface area contributed by atoms with Crippen LogP contribution in [0, 0.1) is 0 Å². The van der Waals surface area contributed by atoms with Gasteiger partial charge in [-0.3, -0.25) is 14.5 Å². The van der Waals surface area contributed by atoms with E-state index in [1.807, 2.05) is 20.8 Å². The van der Waals surface area contributed by atoms with Crippen LogP contribution < -0.4 is 0 Å². The second kappa shape index (κ2) is 4.94. The van der Waals surface area contributed by atoms with Crippen LogP contribution in [0.25, 0.3) is 0 Å². The third-order valence-corrected chi connectivity index (χ3v) is 4.85. The zero-order valence-corrected chi connectivity index (χ0v) is 13.5. The van der Waals surface area contributed by atoms with Gasteiger partial charge in [0.25, 0.3) is 5.91 Å². The lowest BCUT2D eigenvalue weighted by Crippen LogP contribution is -2.47. The van der Waals surface area contributed by atoms with E-state index in [2.05, 4.69) is 0 Å². The number of hydrogen-bond donors (Lipinski definition) is 0. The van der Waals surface area contributed by atoms with Crippen LogP contribution in [0.3, 0.4) is 0 Å². The number of amides is 4. The molecule has 7 nitrogen and oxygen atoms in total. The van der Waals surface area contributed by atoms with Crippen LogP contribution in [0.2, 0.25) is 0 Å². The first-order valence-corrected chi connectivity index (χ1v) is 7.71. The molecule has 122 valence electrons. The fourth-order valence-corrected chi connectivity index (χ4v) is 3.65. The van der Waals surface area contributed by atoms with Crippen LogP contribution in [0.15, 0.2) is 0 Å². The van der Waals surface area contributed by atoms with E-state index >= 15 is 0 Å². The van der Waals surface area contributed by atoms with Crippen LogP contribution in [-0.2, 0) is 14.3 Å². The Hall–Kier alpha value is -1.63. The van der Waals surface area contributed by atoms with Gasteiger partial charge in [-0.15, -0.1) is 0 Å². The lowest BCUT2D eigenvalue weighted by atomic mass is 10.1. The van der Waals surface area contributed by atoms with Gasteiger partial charge in [0.1, 0.15) is 6.04 Å². The normalized spacial score (nSPS) is 32.5. The summed E-state index contributed by atoms with van der Waals surface area (Å²) in [4.78, 5) is 42.0. The van der Waals surface area contributed by atoms with Crippen molar-refractivity contribution in [2.45, 2.75) is 57.3 Å². The van der Waals surface area contributed by atoms with Gasteiger partial charge in [0.05, 0.1) is 12.1 Å². The third kappa shape index (κ3) is 2.18. The average Bonchev–Trinajstić information content (AvgIpc) is 3.06. The minimum Gasteiger partial charge on any atom is -0.380 e. The summed E-state index contributed by atoms with van der Waals surface area (Å²) >= 11 is 0. The minimum absolute atomic E-state index is 0.0000671. The molecule has 3 unspecified atom stereocenters. The molecule has 3 aliphatic heterocycles. The molecule has 3 fully saturated rings. The van der Waals surface area contributed by atoms with Crippen molar-refractivity contribution in [3.05, 3.63) is 0 Å². The Morgan fingerprint density at radius 3 is 2.32 bits per heavy atom. The summed E-state index contributed by atoms with van der Waals surface area (Å²) in [6.07, 6.45) is 0.695. The maximum atomic E-state index is 12.6. The van der Waals surface area contributed by atoms with Crippen molar-refractivity contribution in [3.8, 4) is 0 Å². The number of likely N-dealkylation sites (tertiary alicyclic amines) is 1. The molecule has 3 aliphatic rings. The van der Waals surface area contributed by atoms with Gasteiger partial charge in [0.15, 0.2) is 0 Å². The monoisotopic (exact) mass is 309 g/mol. The van der Waals surface area contributed by atoms with Gasteiger partial charge in [-0.1, -0.05) is 0 Å². The molecular weight excluding hydrogens is 286 g/mol. The Kier molecular flexibility index (Phi) is 3.43. The Morgan fingerprint density at radius 2 is 1.82 bits per heavy atom. The number of carbonyl (C=O) groups is 3. The van der Waals surface area contributed by atoms with E-state index in [4.69, 9.17) is 4.74 Å². The van der Waals surface area contributed by atoms with Crippen molar-refractivity contribution in [1.29, 1.82) is 0 Å². The summed E-state index contributed by atoms with van der Waals surface area (Å²) in [5.74, 6) is -0.182. The molecule has 4 amide bonds. The van der Waals surface area contributed by atoms with Gasteiger partial charge in [-0.05, 0) is 20.8 Å². The number of fused-ring (bicyclic) bond motifs is 1. The molecule has 0 bridgehead atoms. The maximum Gasteiger partial charge on any atom is 0.327 e. The van der Waals surface area contributed by atoms with Crippen molar-refractivity contribution >= 4 is 17.8 Å². The number of methoxy groups -OCH3 is 1. The zero-order chi connectivity index (χ0) is 16.2. The predicted octanol–water partition coefficient (Wildman–Crippen LogP) is 0.437. The van der Waals surface area contributed by atoms with Crippen LogP contribution >= 0.6 is 0 Å².